The molecule has 1 aliphatic carbocycles. The van der Waals surface area contributed by atoms with E-state index in [1.54, 1.807) is 0 Å². The molecule has 2 nitrogen and oxygen atoms in total. The third-order valence-corrected chi connectivity index (χ3v) is 3.65. The Kier molecular flexibility index (Phi) is 4.19. The zero-order chi connectivity index (χ0) is 11.5. The molecule has 0 atom stereocenters. The minimum atomic E-state index is 0.0460. The highest BCUT2D eigenvalue weighted by molar-refractivity contribution is 4.92. The molecule has 0 radical (unpaired) electrons. The van der Waals surface area contributed by atoms with Gasteiger partial charge in [-0.3, -0.25) is 0 Å². The third-order valence-electron chi connectivity index (χ3n) is 3.65. The van der Waals surface area contributed by atoms with Gasteiger partial charge in [-0.2, -0.15) is 0 Å². The van der Waals surface area contributed by atoms with E-state index in [0.717, 1.165) is 25.9 Å². The van der Waals surface area contributed by atoms with Gasteiger partial charge in [-0.1, -0.05) is 13.8 Å². The zero-order valence-corrected chi connectivity index (χ0v) is 10.8. The van der Waals surface area contributed by atoms with Crippen molar-refractivity contribution in [2.75, 3.05) is 6.61 Å². The topological polar surface area (TPSA) is 35.2 Å². The van der Waals surface area contributed by atoms with Gasteiger partial charge in [0.05, 0.1) is 6.10 Å². The number of ether oxygens (including phenoxy) is 1. The Labute approximate surface area is 94.6 Å². The van der Waals surface area contributed by atoms with Crippen LogP contribution in [0, 0.1) is 5.41 Å². The van der Waals surface area contributed by atoms with Crippen LogP contribution in [0.1, 0.15) is 59.8 Å². The smallest absolute Gasteiger partial charge is 0.0518 e. The maximum absolute atomic E-state index is 6.39. The van der Waals surface area contributed by atoms with E-state index in [9.17, 15) is 0 Å². The predicted molar refractivity (Wildman–Crippen MR) is 64.9 cm³/mol. The van der Waals surface area contributed by atoms with Gasteiger partial charge in [-0.25, -0.2) is 0 Å². The lowest BCUT2D eigenvalue weighted by Crippen LogP contribution is -2.46. The minimum Gasteiger partial charge on any atom is -0.379 e. The first kappa shape index (κ1) is 13.0. The van der Waals surface area contributed by atoms with Crippen molar-refractivity contribution in [3.8, 4) is 0 Å². The van der Waals surface area contributed by atoms with Gasteiger partial charge in [0.2, 0.25) is 0 Å². The summed E-state index contributed by atoms with van der Waals surface area (Å²) in [5.41, 5.74) is 6.93. The Morgan fingerprint density at radius 1 is 1.13 bits per heavy atom. The summed E-state index contributed by atoms with van der Waals surface area (Å²) in [5, 5.41) is 0. The lowest BCUT2D eigenvalue weighted by molar-refractivity contribution is 0.0513. The van der Waals surface area contributed by atoms with Crippen LogP contribution < -0.4 is 5.73 Å². The van der Waals surface area contributed by atoms with Crippen LogP contribution in [0.3, 0.4) is 0 Å². The Bertz CT molecular complexity index is 189. The van der Waals surface area contributed by atoms with Crippen molar-refractivity contribution in [3.63, 3.8) is 0 Å². The minimum absolute atomic E-state index is 0.0460. The predicted octanol–water partition coefficient (Wildman–Crippen LogP) is 3.10. The molecule has 1 saturated carbocycles. The van der Waals surface area contributed by atoms with Crippen molar-refractivity contribution >= 4 is 0 Å². The van der Waals surface area contributed by atoms with Crippen molar-refractivity contribution in [1.29, 1.82) is 0 Å². The molecule has 90 valence electrons. The Morgan fingerprint density at radius 3 is 2.13 bits per heavy atom. The van der Waals surface area contributed by atoms with Crippen LogP contribution in [0.15, 0.2) is 0 Å². The van der Waals surface area contributed by atoms with Crippen molar-refractivity contribution in [2.45, 2.75) is 71.4 Å². The summed E-state index contributed by atoms with van der Waals surface area (Å²) in [4.78, 5) is 0. The Morgan fingerprint density at radius 2 is 1.67 bits per heavy atom. The number of hydrogen-bond donors (Lipinski definition) is 1. The second-order valence-corrected chi connectivity index (χ2v) is 6.20. The number of nitrogens with two attached hydrogens (primary N) is 1. The van der Waals surface area contributed by atoms with Gasteiger partial charge in [0.1, 0.15) is 0 Å². The summed E-state index contributed by atoms with van der Waals surface area (Å²) in [7, 11) is 0. The quantitative estimate of drug-likeness (QED) is 0.779. The highest BCUT2D eigenvalue weighted by Gasteiger charge is 2.34. The van der Waals surface area contributed by atoms with Crippen LogP contribution in [0.4, 0.5) is 0 Å². The van der Waals surface area contributed by atoms with Gasteiger partial charge in [0.15, 0.2) is 0 Å². The van der Waals surface area contributed by atoms with Gasteiger partial charge in [0, 0.05) is 12.1 Å². The first-order valence-electron chi connectivity index (χ1n) is 6.24. The van der Waals surface area contributed by atoms with E-state index >= 15 is 0 Å². The van der Waals surface area contributed by atoms with Gasteiger partial charge in [-0.15, -0.1) is 0 Å². The van der Waals surface area contributed by atoms with E-state index in [2.05, 4.69) is 27.7 Å². The molecule has 0 aromatic carbocycles. The first-order chi connectivity index (χ1) is 6.83. The molecule has 2 heteroatoms. The Balaban J connectivity index is 2.29. The van der Waals surface area contributed by atoms with Gasteiger partial charge >= 0.3 is 0 Å². The highest BCUT2D eigenvalue weighted by Crippen LogP contribution is 2.40. The standard InChI is InChI=1S/C13H27NO/c1-11(2)15-10-9-13(14)7-5-12(3,4)6-8-13/h11H,5-10,14H2,1-4H3. The molecule has 0 aromatic heterocycles. The summed E-state index contributed by atoms with van der Waals surface area (Å²) in [5.74, 6) is 0. The summed E-state index contributed by atoms with van der Waals surface area (Å²) >= 11 is 0. The van der Waals surface area contributed by atoms with E-state index in [1.165, 1.54) is 12.8 Å². The van der Waals surface area contributed by atoms with Crippen molar-refractivity contribution in [3.05, 3.63) is 0 Å². The lowest BCUT2D eigenvalue weighted by atomic mass is 9.69. The van der Waals surface area contributed by atoms with E-state index in [0.29, 0.717) is 11.5 Å². The molecule has 0 spiro atoms. The van der Waals surface area contributed by atoms with E-state index in [4.69, 9.17) is 10.5 Å². The maximum Gasteiger partial charge on any atom is 0.0518 e. The summed E-state index contributed by atoms with van der Waals surface area (Å²) in [6.45, 7) is 9.66. The molecular formula is C13H27NO. The largest absolute Gasteiger partial charge is 0.379 e. The van der Waals surface area contributed by atoms with Gasteiger partial charge < -0.3 is 10.5 Å². The van der Waals surface area contributed by atoms with E-state index < -0.39 is 0 Å². The van der Waals surface area contributed by atoms with Gasteiger partial charge in [0.25, 0.3) is 0 Å². The van der Waals surface area contributed by atoms with Crippen LogP contribution in [0.2, 0.25) is 0 Å². The summed E-state index contributed by atoms with van der Waals surface area (Å²) in [6, 6.07) is 0. The average Bonchev–Trinajstić information content (AvgIpc) is 2.11. The van der Waals surface area contributed by atoms with E-state index in [-0.39, 0.29) is 5.54 Å². The molecule has 1 fully saturated rings. The number of hydrogen-bond acceptors (Lipinski definition) is 2. The van der Waals surface area contributed by atoms with Crippen LogP contribution in [-0.4, -0.2) is 18.2 Å². The average molecular weight is 213 g/mol. The normalized spacial score (nSPS) is 24.4. The van der Waals surface area contributed by atoms with Gasteiger partial charge in [-0.05, 0) is 51.4 Å². The van der Waals surface area contributed by atoms with Crippen molar-refractivity contribution < 1.29 is 4.74 Å². The molecule has 0 amide bonds. The molecule has 2 N–H and O–H groups in total. The molecule has 15 heavy (non-hydrogen) atoms. The fraction of sp³-hybridized carbons (Fsp3) is 1.00. The SMILES string of the molecule is CC(C)OCCC1(N)CCC(C)(C)CC1. The molecular weight excluding hydrogens is 186 g/mol. The second-order valence-electron chi connectivity index (χ2n) is 6.20. The van der Waals surface area contributed by atoms with Crippen LogP contribution in [0.25, 0.3) is 0 Å². The van der Waals surface area contributed by atoms with Crippen LogP contribution >= 0.6 is 0 Å². The van der Waals surface area contributed by atoms with E-state index in [1.807, 2.05) is 0 Å². The van der Waals surface area contributed by atoms with Crippen LogP contribution in [0.5, 0.6) is 0 Å². The molecule has 1 rings (SSSR count). The summed E-state index contributed by atoms with van der Waals surface area (Å²) < 4.78 is 5.58. The third kappa shape index (κ3) is 4.52. The number of rotatable bonds is 4. The highest BCUT2D eigenvalue weighted by atomic mass is 16.5. The van der Waals surface area contributed by atoms with Crippen LogP contribution in [-0.2, 0) is 4.74 Å². The monoisotopic (exact) mass is 213 g/mol. The molecule has 0 aromatic rings. The molecule has 0 bridgehead atoms. The molecule has 0 aliphatic heterocycles. The van der Waals surface area contributed by atoms with Crippen molar-refractivity contribution in [1.82, 2.24) is 0 Å². The molecule has 0 unspecified atom stereocenters. The Hall–Kier alpha value is -0.0800. The second kappa shape index (κ2) is 4.84. The molecule has 0 heterocycles. The fourth-order valence-corrected chi connectivity index (χ4v) is 2.17. The summed E-state index contributed by atoms with van der Waals surface area (Å²) in [6.07, 6.45) is 6.16. The lowest BCUT2D eigenvalue weighted by Gasteiger charge is -2.41. The van der Waals surface area contributed by atoms with Crippen molar-refractivity contribution in [2.24, 2.45) is 11.1 Å². The first-order valence-corrected chi connectivity index (χ1v) is 6.24. The molecule has 1 aliphatic rings. The fourth-order valence-electron chi connectivity index (χ4n) is 2.17. The maximum atomic E-state index is 6.39. The molecule has 0 saturated heterocycles. The zero-order valence-electron chi connectivity index (χ0n) is 10.8.